The van der Waals surface area contributed by atoms with Crippen LogP contribution >= 0.6 is 0 Å². The summed E-state index contributed by atoms with van der Waals surface area (Å²) in [7, 11) is 1.64. The van der Waals surface area contributed by atoms with E-state index in [0.717, 1.165) is 29.8 Å². The SMILES string of the molecule is COc1cc(C)c(O)c([C@@H]2CCN2)c1. The van der Waals surface area contributed by atoms with Gasteiger partial charge in [-0.1, -0.05) is 0 Å². The molecule has 1 heterocycles. The number of phenols is 1. The lowest BCUT2D eigenvalue weighted by atomic mass is 9.95. The van der Waals surface area contributed by atoms with Crippen LogP contribution in [0.2, 0.25) is 0 Å². The lowest BCUT2D eigenvalue weighted by Gasteiger charge is -2.29. The molecule has 1 aromatic carbocycles. The molecule has 2 rings (SSSR count). The lowest BCUT2D eigenvalue weighted by molar-refractivity contribution is 0.358. The molecule has 1 aliphatic heterocycles. The first-order chi connectivity index (χ1) is 6.72. The van der Waals surface area contributed by atoms with Gasteiger partial charge < -0.3 is 15.2 Å². The monoisotopic (exact) mass is 193 g/mol. The Balaban J connectivity index is 2.40. The van der Waals surface area contributed by atoms with E-state index in [-0.39, 0.29) is 0 Å². The van der Waals surface area contributed by atoms with Gasteiger partial charge in [0.15, 0.2) is 0 Å². The summed E-state index contributed by atoms with van der Waals surface area (Å²) in [5.74, 6) is 1.20. The summed E-state index contributed by atoms with van der Waals surface area (Å²) in [5.41, 5.74) is 1.82. The molecule has 1 aromatic rings. The van der Waals surface area contributed by atoms with Crippen LogP contribution in [0.4, 0.5) is 0 Å². The molecule has 0 radical (unpaired) electrons. The Morgan fingerprint density at radius 2 is 2.21 bits per heavy atom. The first kappa shape index (κ1) is 9.34. The zero-order valence-corrected chi connectivity index (χ0v) is 8.50. The zero-order chi connectivity index (χ0) is 10.1. The standard InChI is InChI=1S/C11H15NO2/c1-7-5-8(14-2)6-9(11(7)13)10-3-4-12-10/h5-6,10,12-13H,3-4H2,1-2H3/t10-/m0/s1. The van der Waals surface area contributed by atoms with Crippen LogP contribution in [0.3, 0.4) is 0 Å². The molecule has 1 aliphatic rings. The van der Waals surface area contributed by atoms with Crippen molar-refractivity contribution >= 4 is 0 Å². The number of hydrogen-bond acceptors (Lipinski definition) is 3. The van der Waals surface area contributed by atoms with E-state index in [1.165, 1.54) is 0 Å². The average Bonchev–Trinajstić information content (AvgIpc) is 2.09. The Kier molecular flexibility index (Phi) is 2.33. The predicted molar refractivity (Wildman–Crippen MR) is 54.8 cm³/mol. The largest absolute Gasteiger partial charge is 0.507 e. The highest BCUT2D eigenvalue weighted by Crippen LogP contribution is 2.35. The van der Waals surface area contributed by atoms with Gasteiger partial charge in [0.05, 0.1) is 7.11 Å². The molecule has 14 heavy (non-hydrogen) atoms. The van der Waals surface area contributed by atoms with Crippen molar-refractivity contribution in [2.75, 3.05) is 13.7 Å². The van der Waals surface area contributed by atoms with Gasteiger partial charge in [0.1, 0.15) is 11.5 Å². The van der Waals surface area contributed by atoms with Crippen molar-refractivity contribution in [3.05, 3.63) is 23.3 Å². The molecule has 1 fully saturated rings. The number of aromatic hydroxyl groups is 1. The maximum Gasteiger partial charge on any atom is 0.123 e. The van der Waals surface area contributed by atoms with Crippen molar-refractivity contribution in [1.82, 2.24) is 5.32 Å². The summed E-state index contributed by atoms with van der Waals surface area (Å²) in [6.45, 7) is 2.92. The van der Waals surface area contributed by atoms with Crippen molar-refractivity contribution in [2.45, 2.75) is 19.4 Å². The van der Waals surface area contributed by atoms with Crippen LogP contribution < -0.4 is 10.1 Å². The Labute approximate surface area is 83.7 Å². The number of benzene rings is 1. The Morgan fingerprint density at radius 3 is 2.71 bits per heavy atom. The van der Waals surface area contributed by atoms with E-state index >= 15 is 0 Å². The third-order valence-corrected chi connectivity index (χ3v) is 2.74. The molecule has 1 atom stereocenters. The quantitative estimate of drug-likeness (QED) is 0.751. The van der Waals surface area contributed by atoms with E-state index < -0.39 is 0 Å². The smallest absolute Gasteiger partial charge is 0.123 e. The van der Waals surface area contributed by atoms with Crippen molar-refractivity contribution in [3.8, 4) is 11.5 Å². The van der Waals surface area contributed by atoms with Crippen molar-refractivity contribution in [2.24, 2.45) is 0 Å². The molecule has 0 unspecified atom stereocenters. The number of hydrogen-bond donors (Lipinski definition) is 2. The first-order valence-corrected chi connectivity index (χ1v) is 4.83. The maximum atomic E-state index is 9.86. The molecule has 0 amide bonds. The molecular weight excluding hydrogens is 178 g/mol. The van der Waals surface area contributed by atoms with Crippen LogP contribution in [-0.2, 0) is 0 Å². The van der Waals surface area contributed by atoms with Crippen LogP contribution in [0.5, 0.6) is 11.5 Å². The highest BCUT2D eigenvalue weighted by atomic mass is 16.5. The van der Waals surface area contributed by atoms with Gasteiger partial charge in [-0.15, -0.1) is 0 Å². The second-order valence-corrected chi connectivity index (χ2v) is 3.68. The number of phenolic OH excluding ortho intramolecular Hbond substituents is 1. The van der Waals surface area contributed by atoms with Crippen LogP contribution in [-0.4, -0.2) is 18.8 Å². The summed E-state index contributed by atoms with van der Waals surface area (Å²) in [6.07, 6.45) is 1.08. The van der Waals surface area contributed by atoms with Gasteiger partial charge in [0.2, 0.25) is 0 Å². The predicted octanol–water partition coefficient (Wildman–Crippen LogP) is 1.74. The van der Waals surface area contributed by atoms with Gasteiger partial charge in [0.25, 0.3) is 0 Å². The molecule has 76 valence electrons. The van der Waals surface area contributed by atoms with Crippen molar-refractivity contribution in [3.63, 3.8) is 0 Å². The Hall–Kier alpha value is -1.22. The number of aryl methyl sites for hydroxylation is 1. The van der Waals surface area contributed by atoms with Gasteiger partial charge in [-0.3, -0.25) is 0 Å². The molecule has 0 aliphatic carbocycles. The van der Waals surface area contributed by atoms with E-state index in [1.54, 1.807) is 7.11 Å². The minimum atomic E-state index is 0.295. The highest BCUT2D eigenvalue weighted by Gasteiger charge is 2.22. The third-order valence-electron chi connectivity index (χ3n) is 2.74. The zero-order valence-electron chi connectivity index (χ0n) is 8.50. The summed E-state index contributed by atoms with van der Waals surface area (Å²) < 4.78 is 5.17. The molecule has 0 saturated carbocycles. The molecule has 0 bridgehead atoms. The van der Waals surface area contributed by atoms with E-state index in [4.69, 9.17) is 4.74 Å². The van der Waals surface area contributed by atoms with E-state index in [9.17, 15) is 5.11 Å². The lowest BCUT2D eigenvalue weighted by Crippen LogP contribution is -2.35. The average molecular weight is 193 g/mol. The van der Waals surface area contributed by atoms with Crippen molar-refractivity contribution in [1.29, 1.82) is 0 Å². The first-order valence-electron chi connectivity index (χ1n) is 4.83. The fraction of sp³-hybridized carbons (Fsp3) is 0.455. The molecule has 0 aromatic heterocycles. The minimum Gasteiger partial charge on any atom is -0.507 e. The molecule has 1 saturated heterocycles. The second kappa shape index (κ2) is 3.50. The van der Waals surface area contributed by atoms with Crippen LogP contribution in [0.25, 0.3) is 0 Å². The summed E-state index contributed by atoms with van der Waals surface area (Å²) in [6, 6.07) is 4.04. The highest BCUT2D eigenvalue weighted by molar-refractivity contribution is 5.47. The molecule has 3 nitrogen and oxygen atoms in total. The summed E-state index contributed by atoms with van der Waals surface area (Å²) in [4.78, 5) is 0. The number of nitrogens with one attached hydrogen (secondary N) is 1. The van der Waals surface area contributed by atoms with Crippen LogP contribution in [0, 0.1) is 6.92 Å². The van der Waals surface area contributed by atoms with Gasteiger partial charge in [0, 0.05) is 11.6 Å². The molecular formula is C11H15NO2. The molecule has 3 heteroatoms. The Morgan fingerprint density at radius 1 is 1.50 bits per heavy atom. The minimum absolute atomic E-state index is 0.295. The van der Waals surface area contributed by atoms with E-state index in [2.05, 4.69) is 5.32 Å². The van der Waals surface area contributed by atoms with E-state index in [1.807, 2.05) is 19.1 Å². The summed E-state index contributed by atoms with van der Waals surface area (Å²) >= 11 is 0. The van der Waals surface area contributed by atoms with Gasteiger partial charge in [-0.05, 0) is 37.6 Å². The molecule has 2 N–H and O–H groups in total. The van der Waals surface area contributed by atoms with Crippen LogP contribution in [0.15, 0.2) is 12.1 Å². The fourth-order valence-corrected chi connectivity index (χ4v) is 1.71. The number of methoxy groups -OCH3 is 1. The number of rotatable bonds is 2. The number of ether oxygens (including phenoxy) is 1. The van der Waals surface area contributed by atoms with Gasteiger partial charge >= 0.3 is 0 Å². The van der Waals surface area contributed by atoms with Gasteiger partial charge in [-0.25, -0.2) is 0 Å². The second-order valence-electron chi connectivity index (χ2n) is 3.68. The Bertz CT molecular complexity index is 345. The fourth-order valence-electron chi connectivity index (χ4n) is 1.71. The normalized spacial score (nSPS) is 20.3. The van der Waals surface area contributed by atoms with Gasteiger partial charge in [-0.2, -0.15) is 0 Å². The van der Waals surface area contributed by atoms with Crippen LogP contribution in [0.1, 0.15) is 23.6 Å². The summed E-state index contributed by atoms with van der Waals surface area (Å²) in [5, 5.41) is 13.1. The molecule has 0 spiro atoms. The topological polar surface area (TPSA) is 41.5 Å². The van der Waals surface area contributed by atoms with E-state index in [0.29, 0.717) is 11.8 Å². The van der Waals surface area contributed by atoms with Crippen molar-refractivity contribution < 1.29 is 9.84 Å². The maximum absolute atomic E-state index is 9.86. The third kappa shape index (κ3) is 1.44.